The molecule has 0 unspecified atom stereocenters. The molecule has 0 bridgehead atoms. The Morgan fingerprint density at radius 1 is 0.440 bits per heavy atom. The Morgan fingerprint density at radius 3 is 1.30 bits per heavy atom. The van der Waals surface area contributed by atoms with Crippen LogP contribution < -0.4 is 64.1 Å². The van der Waals surface area contributed by atoms with E-state index in [2.05, 4.69) is 53.1 Å². The van der Waals surface area contributed by atoms with E-state index in [1.807, 2.05) is 36.4 Å². The SMILES string of the molecule is Cc1cc2c3c(c1)N(c1cccc4c1OCCO4)c1c(ccc4c1OCCO4)B3c1ccc3c(c1N2c1cccc2c1OCCO2)OCCO3. The molecule has 0 aliphatic carbocycles. The van der Waals surface area contributed by atoms with Crippen molar-refractivity contribution >= 4 is 57.2 Å². The van der Waals surface area contributed by atoms with Gasteiger partial charge in [0.25, 0.3) is 6.71 Å². The third-order valence-electron chi connectivity index (χ3n) is 10.1. The molecule has 0 aromatic heterocycles. The van der Waals surface area contributed by atoms with Crippen molar-refractivity contribution in [1.82, 2.24) is 0 Å². The van der Waals surface area contributed by atoms with Crippen LogP contribution in [0.1, 0.15) is 5.56 Å². The lowest BCUT2D eigenvalue weighted by Crippen LogP contribution is -2.61. The fourth-order valence-corrected chi connectivity index (χ4v) is 8.27. The highest BCUT2D eigenvalue weighted by Gasteiger charge is 2.48. The number of anilines is 6. The number of ether oxygens (including phenoxy) is 8. The number of hydrogen-bond acceptors (Lipinski definition) is 10. The van der Waals surface area contributed by atoms with Crippen LogP contribution in [0.4, 0.5) is 34.1 Å². The maximum atomic E-state index is 6.51. The number of fused-ring (bicyclic) bond motifs is 10. The molecular weight excluding hydrogens is 635 g/mol. The van der Waals surface area contributed by atoms with Crippen LogP contribution in [0.2, 0.25) is 0 Å². The molecule has 50 heavy (non-hydrogen) atoms. The topological polar surface area (TPSA) is 80.3 Å². The quantitative estimate of drug-likeness (QED) is 0.231. The van der Waals surface area contributed by atoms with Gasteiger partial charge in [0.1, 0.15) is 52.9 Å². The van der Waals surface area contributed by atoms with Crippen molar-refractivity contribution in [2.45, 2.75) is 6.92 Å². The molecule has 0 fully saturated rings. The van der Waals surface area contributed by atoms with E-state index in [0.29, 0.717) is 98.9 Å². The van der Waals surface area contributed by atoms with Crippen molar-refractivity contribution in [2.75, 3.05) is 62.7 Å². The second-order valence-corrected chi connectivity index (χ2v) is 13.0. The highest BCUT2D eigenvalue weighted by Crippen LogP contribution is 2.56. The molecule has 0 amide bonds. The number of nitrogens with zero attached hydrogens (tertiary/aromatic N) is 2. The van der Waals surface area contributed by atoms with Crippen LogP contribution in [0.5, 0.6) is 46.0 Å². The average molecular weight is 666 g/mol. The van der Waals surface area contributed by atoms with E-state index in [4.69, 9.17) is 37.9 Å². The zero-order chi connectivity index (χ0) is 32.9. The number of benzene rings is 5. The van der Waals surface area contributed by atoms with Crippen molar-refractivity contribution in [3.63, 3.8) is 0 Å². The Hall–Kier alpha value is -5.84. The fraction of sp³-hybridized carbons (Fsp3) is 0.231. The fourth-order valence-electron chi connectivity index (χ4n) is 8.27. The average Bonchev–Trinajstić information content (AvgIpc) is 3.17. The Kier molecular flexibility index (Phi) is 5.94. The first-order valence-corrected chi connectivity index (χ1v) is 17.1. The summed E-state index contributed by atoms with van der Waals surface area (Å²) in [7, 11) is 0. The molecule has 248 valence electrons. The van der Waals surface area contributed by atoms with Gasteiger partial charge in [-0.2, -0.15) is 0 Å². The van der Waals surface area contributed by atoms with E-state index < -0.39 is 0 Å². The molecule has 0 atom stereocenters. The lowest BCUT2D eigenvalue weighted by Gasteiger charge is -2.46. The first kappa shape index (κ1) is 28.0. The minimum absolute atomic E-state index is 0.182. The van der Waals surface area contributed by atoms with Crippen molar-refractivity contribution in [3.8, 4) is 46.0 Å². The van der Waals surface area contributed by atoms with E-state index >= 15 is 0 Å². The third-order valence-corrected chi connectivity index (χ3v) is 10.1. The highest BCUT2D eigenvalue weighted by molar-refractivity contribution is 7.00. The predicted molar refractivity (Wildman–Crippen MR) is 189 cm³/mol. The number of para-hydroxylation sites is 2. The molecule has 11 heteroatoms. The molecule has 5 aromatic rings. The van der Waals surface area contributed by atoms with Crippen molar-refractivity contribution < 1.29 is 37.9 Å². The molecule has 0 N–H and O–H groups in total. The summed E-state index contributed by atoms with van der Waals surface area (Å²) in [5.74, 6) is 5.67. The van der Waals surface area contributed by atoms with Gasteiger partial charge in [0.05, 0.1) is 22.7 Å². The molecule has 0 saturated heterocycles. The molecule has 5 aromatic carbocycles. The summed E-state index contributed by atoms with van der Waals surface area (Å²) in [5.41, 5.74) is 9.95. The van der Waals surface area contributed by atoms with E-state index in [1.165, 1.54) is 0 Å². The third kappa shape index (κ3) is 3.85. The predicted octanol–water partition coefficient (Wildman–Crippen LogP) is 5.16. The van der Waals surface area contributed by atoms with Gasteiger partial charge in [-0.3, -0.25) is 0 Å². The van der Waals surface area contributed by atoms with Crippen LogP contribution >= 0.6 is 0 Å². The smallest absolute Gasteiger partial charge is 0.252 e. The summed E-state index contributed by atoms with van der Waals surface area (Å²) in [6.45, 7) is 5.73. The summed E-state index contributed by atoms with van der Waals surface area (Å²) >= 11 is 0. The van der Waals surface area contributed by atoms with Gasteiger partial charge in [-0.1, -0.05) is 24.3 Å². The van der Waals surface area contributed by atoms with Crippen molar-refractivity contribution in [1.29, 1.82) is 0 Å². The molecule has 6 aliphatic heterocycles. The Labute approximate surface area is 288 Å². The summed E-state index contributed by atoms with van der Waals surface area (Å²) in [6, 6.07) is 25.1. The molecule has 10 nitrogen and oxygen atoms in total. The van der Waals surface area contributed by atoms with Crippen LogP contribution in [-0.4, -0.2) is 59.6 Å². The van der Waals surface area contributed by atoms with E-state index in [-0.39, 0.29) is 6.71 Å². The van der Waals surface area contributed by atoms with Gasteiger partial charge < -0.3 is 47.7 Å². The largest absolute Gasteiger partial charge is 0.486 e. The molecule has 0 radical (unpaired) electrons. The lowest BCUT2D eigenvalue weighted by molar-refractivity contribution is 0.171. The molecule has 11 rings (SSSR count). The monoisotopic (exact) mass is 666 g/mol. The molecule has 6 aliphatic rings. The number of rotatable bonds is 2. The zero-order valence-electron chi connectivity index (χ0n) is 27.3. The van der Waals surface area contributed by atoms with Crippen LogP contribution in [-0.2, 0) is 0 Å². The second kappa shape index (κ2) is 10.6. The van der Waals surface area contributed by atoms with Gasteiger partial charge in [-0.25, -0.2) is 0 Å². The Bertz CT molecular complexity index is 2110. The maximum absolute atomic E-state index is 6.51. The maximum Gasteiger partial charge on any atom is 0.252 e. The summed E-state index contributed by atoms with van der Waals surface area (Å²) < 4.78 is 50.4. The molecule has 6 heterocycles. The van der Waals surface area contributed by atoms with Crippen LogP contribution in [0.3, 0.4) is 0 Å². The van der Waals surface area contributed by atoms with Crippen molar-refractivity contribution in [3.05, 3.63) is 78.4 Å². The van der Waals surface area contributed by atoms with Gasteiger partial charge in [0.15, 0.2) is 46.0 Å². The van der Waals surface area contributed by atoms with E-state index in [1.54, 1.807) is 0 Å². The molecule has 0 saturated carbocycles. The minimum Gasteiger partial charge on any atom is -0.486 e. The van der Waals surface area contributed by atoms with Crippen LogP contribution in [0.15, 0.2) is 72.8 Å². The van der Waals surface area contributed by atoms with E-state index in [0.717, 1.165) is 56.1 Å². The zero-order valence-corrected chi connectivity index (χ0v) is 27.3. The van der Waals surface area contributed by atoms with Crippen LogP contribution in [0.25, 0.3) is 0 Å². The summed E-state index contributed by atoms with van der Waals surface area (Å²) in [6.07, 6.45) is 0. The Balaban J connectivity index is 1.26. The van der Waals surface area contributed by atoms with Gasteiger partial charge in [0.2, 0.25) is 0 Å². The van der Waals surface area contributed by atoms with E-state index in [9.17, 15) is 0 Å². The number of hydrogen-bond donors (Lipinski definition) is 0. The summed E-state index contributed by atoms with van der Waals surface area (Å²) in [5, 5.41) is 0. The molecular formula is C39H31BN2O8. The van der Waals surface area contributed by atoms with Crippen molar-refractivity contribution in [2.24, 2.45) is 0 Å². The van der Waals surface area contributed by atoms with Gasteiger partial charge in [-0.05, 0) is 77.4 Å². The first-order valence-electron chi connectivity index (χ1n) is 17.1. The lowest BCUT2D eigenvalue weighted by atomic mass is 9.33. The first-order chi connectivity index (χ1) is 24.7. The Morgan fingerprint density at radius 2 is 0.840 bits per heavy atom. The number of aryl methyl sites for hydroxylation is 1. The standard InChI is InChI=1S/C39H31BN2O8/c1-22-20-27-33-28(21-22)42(26-5-3-7-30-37(26)48-17-13-44-30)35-24(9-11-32-39(35)50-19-15-46-32)40(33)23-8-10-31-38(49-18-14-45-31)34(23)41(27)25-4-2-6-29-36(25)47-16-12-43-29/h2-11,20-21H,12-19H2,1H3. The normalized spacial score (nSPS) is 17.0. The van der Waals surface area contributed by atoms with Gasteiger partial charge in [0, 0.05) is 11.4 Å². The second-order valence-electron chi connectivity index (χ2n) is 13.0. The van der Waals surface area contributed by atoms with Gasteiger partial charge in [-0.15, -0.1) is 0 Å². The highest BCUT2D eigenvalue weighted by atomic mass is 16.6. The summed E-state index contributed by atoms with van der Waals surface area (Å²) in [4.78, 5) is 4.56. The van der Waals surface area contributed by atoms with Crippen LogP contribution in [0, 0.1) is 6.92 Å². The minimum atomic E-state index is -0.182. The van der Waals surface area contributed by atoms with Gasteiger partial charge >= 0.3 is 0 Å². The molecule has 0 spiro atoms.